The van der Waals surface area contributed by atoms with Gasteiger partial charge in [-0.25, -0.2) is 0 Å². The van der Waals surface area contributed by atoms with Crippen molar-refractivity contribution < 1.29 is 4.74 Å². The van der Waals surface area contributed by atoms with Crippen molar-refractivity contribution in [3.63, 3.8) is 0 Å². The average molecular weight is 296 g/mol. The predicted molar refractivity (Wildman–Crippen MR) is 92.2 cm³/mol. The Morgan fingerprint density at radius 3 is 2.73 bits per heavy atom. The zero-order chi connectivity index (χ0) is 15.4. The highest BCUT2D eigenvalue weighted by atomic mass is 16.5. The van der Waals surface area contributed by atoms with E-state index in [4.69, 9.17) is 10.5 Å². The minimum Gasteiger partial charge on any atom is -0.489 e. The molecule has 22 heavy (non-hydrogen) atoms. The smallest absolute Gasteiger partial charge is 0.122 e. The van der Waals surface area contributed by atoms with Crippen LogP contribution in [0.5, 0.6) is 5.75 Å². The van der Waals surface area contributed by atoms with Gasteiger partial charge in [-0.3, -0.25) is 0 Å². The van der Waals surface area contributed by atoms with Crippen molar-refractivity contribution in [1.29, 1.82) is 0 Å². The van der Waals surface area contributed by atoms with Crippen LogP contribution in [-0.2, 0) is 6.61 Å². The number of nitrogens with two attached hydrogens (primary N) is 1. The van der Waals surface area contributed by atoms with Gasteiger partial charge in [0.05, 0.1) is 11.4 Å². The van der Waals surface area contributed by atoms with Crippen LogP contribution in [0.15, 0.2) is 48.5 Å². The van der Waals surface area contributed by atoms with Gasteiger partial charge in [0.2, 0.25) is 0 Å². The normalized spacial score (nSPS) is 18.2. The standard InChI is InChI=1S/C19H24N2O/c1-15-6-5-11-21(13-15)19-10-9-17(12-18(19)20)22-14-16-7-3-2-4-8-16/h2-4,7-10,12,15H,5-6,11,13-14,20H2,1H3. The molecule has 116 valence electrons. The third kappa shape index (κ3) is 3.53. The van der Waals surface area contributed by atoms with Crippen molar-refractivity contribution in [2.24, 2.45) is 5.92 Å². The van der Waals surface area contributed by atoms with Gasteiger partial charge in [-0.1, -0.05) is 37.3 Å². The van der Waals surface area contributed by atoms with E-state index in [1.165, 1.54) is 12.8 Å². The van der Waals surface area contributed by atoms with Gasteiger partial charge < -0.3 is 15.4 Å². The fourth-order valence-electron chi connectivity index (χ4n) is 3.06. The van der Waals surface area contributed by atoms with Crippen LogP contribution in [0.4, 0.5) is 11.4 Å². The summed E-state index contributed by atoms with van der Waals surface area (Å²) in [6, 6.07) is 16.2. The molecular weight excluding hydrogens is 272 g/mol. The average Bonchev–Trinajstić information content (AvgIpc) is 2.54. The molecule has 0 saturated carbocycles. The number of ether oxygens (including phenoxy) is 1. The van der Waals surface area contributed by atoms with E-state index in [0.717, 1.165) is 41.7 Å². The Morgan fingerprint density at radius 1 is 1.18 bits per heavy atom. The first-order valence-corrected chi connectivity index (χ1v) is 8.03. The lowest BCUT2D eigenvalue weighted by Crippen LogP contribution is -2.34. The highest BCUT2D eigenvalue weighted by Gasteiger charge is 2.18. The van der Waals surface area contributed by atoms with Gasteiger partial charge in [-0.05, 0) is 36.5 Å². The molecule has 0 bridgehead atoms. The van der Waals surface area contributed by atoms with Crippen LogP contribution in [-0.4, -0.2) is 13.1 Å². The van der Waals surface area contributed by atoms with Crippen LogP contribution in [0.1, 0.15) is 25.3 Å². The van der Waals surface area contributed by atoms with Crippen molar-refractivity contribution >= 4 is 11.4 Å². The van der Waals surface area contributed by atoms with Gasteiger partial charge in [0.15, 0.2) is 0 Å². The molecule has 1 aliphatic rings. The Labute approximate surface area is 132 Å². The lowest BCUT2D eigenvalue weighted by atomic mass is 9.99. The summed E-state index contributed by atoms with van der Waals surface area (Å²) in [6.07, 6.45) is 2.56. The maximum absolute atomic E-state index is 6.24. The van der Waals surface area contributed by atoms with Crippen LogP contribution in [0.2, 0.25) is 0 Å². The molecule has 3 rings (SSSR count). The van der Waals surface area contributed by atoms with E-state index in [9.17, 15) is 0 Å². The Morgan fingerprint density at radius 2 is 2.00 bits per heavy atom. The molecule has 2 aromatic carbocycles. The third-order valence-corrected chi connectivity index (χ3v) is 4.25. The molecule has 0 spiro atoms. The van der Waals surface area contributed by atoms with E-state index in [2.05, 4.69) is 30.0 Å². The predicted octanol–water partition coefficient (Wildman–Crippen LogP) is 4.08. The molecule has 1 heterocycles. The molecule has 1 aliphatic heterocycles. The molecule has 0 amide bonds. The largest absolute Gasteiger partial charge is 0.489 e. The van der Waals surface area contributed by atoms with Crippen LogP contribution in [0, 0.1) is 5.92 Å². The van der Waals surface area contributed by atoms with Gasteiger partial charge >= 0.3 is 0 Å². The fourth-order valence-corrected chi connectivity index (χ4v) is 3.06. The SMILES string of the molecule is CC1CCCN(c2ccc(OCc3ccccc3)cc2N)C1. The van der Waals surface area contributed by atoms with Crippen LogP contribution >= 0.6 is 0 Å². The molecule has 3 heteroatoms. The van der Waals surface area contributed by atoms with Gasteiger partial charge in [-0.2, -0.15) is 0 Å². The zero-order valence-corrected chi connectivity index (χ0v) is 13.2. The number of anilines is 2. The number of nitrogen functional groups attached to an aromatic ring is 1. The summed E-state index contributed by atoms with van der Waals surface area (Å²) in [6.45, 7) is 5.06. The van der Waals surface area contributed by atoms with Crippen molar-refractivity contribution in [2.45, 2.75) is 26.4 Å². The molecule has 1 atom stereocenters. The van der Waals surface area contributed by atoms with E-state index >= 15 is 0 Å². The summed E-state index contributed by atoms with van der Waals surface area (Å²) in [7, 11) is 0. The van der Waals surface area contributed by atoms with Crippen LogP contribution in [0.25, 0.3) is 0 Å². The Balaban J connectivity index is 1.66. The summed E-state index contributed by atoms with van der Waals surface area (Å²) in [5.74, 6) is 1.57. The molecule has 0 aromatic heterocycles. The minimum absolute atomic E-state index is 0.570. The topological polar surface area (TPSA) is 38.5 Å². The van der Waals surface area contributed by atoms with Gasteiger partial charge in [-0.15, -0.1) is 0 Å². The highest BCUT2D eigenvalue weighted by Crippen LogP contribution is 2.31. The molecule has 1 unspecified atom stereocenters. The van der Waals surface area contributed by atoms with Crippen LogP contribution in [0.3, 0.4) is 0 Å². The molecule has 1 fully saturated rings. The lowest BCUT2D eigenvalue weighted by Gasteiger charge is -2.33. The number of benzene rings is 2. The Kier molecular flexibility index (Phi) is 4.52. The zero-order valence-electron chi connectivity index (χ0n) is 13.2. The summed E-state index contributed by atoms with van der Waals surface area (Å²) >= 11 is 0. The maximum Gasteiger partial charge on any atom is 0.122 e. The lowest BCUT2D eigenvalue weighted by molar-refractivity contribution is 0.306. The highest BCUT2D eigenvalue weighted by molar-refractivity contribution is 5.69. The molecule has 2 aromatic rings. The second-order valence-electron chi connectivity index (χ2n) is 6.19. The number of rotatable bonds is 4. The minimum atomic E-state index is 0.570. The van der Waals surface area contributed by atoms with Crippen LogP contribution < -0.4 is 15.4 Å². The summed E-state index contributed by atoms with van der Waals surface area (Å²) < 4.78 is 5.84. The first-order valence-electron chi connectivity index (χ1n) is 8.03. The van der Waals surface area contributed by atoms with E-state index in [0.29, 0.717) is 6.61 Å². The van der Waals surface area contributed by atoms with E-state index in [1.807, 2.05) is 30.3 Å². The summed E-state index contributed by atoms with van der Waals surface area (Å²) in [4.78, 5) is 2.39. The van der Waals surface area contributed by atoms with Gasteiger partial charge in [0.1, 0.15) is 12.4 Å². The number of hydrogen-bond donors (Lipinski definition) is 1. The van der Waals surface area contributed by atoms with E-state index < -0.39 is 0 Å². The van der Waals surface area contributed by atoms with E-state index in [1.54, 1.807) is 0 Å². The van der Waals surface area contributed by atoms with Crippen molar-refractivity contribution in [2.75, 3.05) is 23.7 Å². The summed E-state index contributed by atoms with van der Waals surface area (Å²) in [5.41, 5.74) is 9.35. The third-order valence-electron chi connectivity index (χ3n) is 4.25. The maximum atomic E-state index is 6.24. The number of hydrogen-bond acceptors (Lipinski definition) is 3. The molecule has 0 aliphatic carbocycles. The number of nitrogens with zero attached hydrogens (tertiary/aromatic N) is 1. The molecule has 1 saturated heterocycles. The van der Waals surface area contributed by atoms with Gasteiger partial charge in [0.25, 0.3) is 0 Å². The molecular formula is C19H24N2O. The quantitative estimate of drug-likeness (QED) is 0.864. The molecule has 3 nitrogen and oxygen atoms in total. The first-order chi connectivity index (χ1) is 10.7. The van der Waals surface area contributed by atoms with E-state index in [-0.39, 0.29) is 0 Å². The Bertz CT molecular complexity index is 612. The number of piperidine rings is 1. The first kappa shape index (κ1) is 14.8. The Hall–Kier alpha value is -2.16. The second-order valence-corrected chi connectivity index (χ2v) is 6.19. The van der Waals surface area contributed by atoms with Crippen molar-refractivity contribution in [3.8, 4) is 5.75 Å². The monoisotopic (exact) mass is 296 g/mol. The van der Waals surface area contributed by atoms with Crippen molar-refractivity contribution in [1.82, 2.24) is 0 Å². The molecule has 2 N–H and O–H groups in total. The van der Waals surface area contributed by atoms with Crippen molar-refractivity contribution in [3.05, 3.63) is 54.1 Å². The fraction of sp³-hybridized carbons (Fsp3) is 0.368. The van der Waals surface area contributed by atoms with Gasteiger partial charge in [0, 0.05) is 19.2 Å². The molecule has 0 radical (unpaired) electrons. The second kappa shape index (κ2) is 6.73. The summed E-state index contributed by atoms with van der Waals surface area (Å²) in [5, 5.41) is 0.